The molecule has 6 heteroatoms. The van der Waals surface area contributed by atoms with Crippen LogP contribution in [-0.2, 0) is 0 Å². The molecule has 108 valence electrons. The van der Waals surface area contributed by atoms with Gasteiger partial charge in [0.2, 0.25) is 0 Å². The molecule has 2 aromatic rings. The van der Waals surface area contributed by atoms with Gasteiger partial charge in [0.05, 0.1) is 26.9 Å². The van der Waals surface area contributed by atoms with Crippen molar-refractivity contribution in [3.63, 3.8) is 0 Å². The Kier molecular flexibility index (Phi) is 4.57. The smallest absolute Gasteiger partial charge is 0.200 e. The van der Waals surface area contributed by atoms with Crippen molar-refractivity contribution >= 4 is 12.2 Å². The van der Waals surface area contributed by atoms with E-state index in [9.17, 15) is 0 Å². The molecule has 2 rings (SSSR count). The van der Waals surface area contributed by atoms with Gasteiger partial charge in [-0.3, -0.25) is 9.67 Å². The average molecular weight is 293 g/mol. The zero-order valence-electron chi connectivity index (χ0n) is 12.3. The lowest BCUT2D eigenvalue weighted by Crippen LogP contribution is -3.06. The second-order valence-corrected chi connectivity index (χ2v) is 5.35. The molecule has 0 amide bonds. The van der Waals surface area contributed by atoms with Crippen LogP contribution in [0.1, 0.15) is 25.2 Å². The van der Waals surface area contributed by atoms with E-state index in [0.29, 0.717) is 10.8 Å². The molecule has 0 saturated heterocycles. The number of methoxy groups -OCH3 is 1. The highest BCUT2D eigenvalue weighted by Gasteiger charge is 2.23. The van der Waals surface area contributed by atoms with Crippen molar-refractivity contribution in [3.8, 4) is 11.4 Å². The number of rotatable bonds is 5. The molecule has 1 heterocycles. The Bertz CT molecular complexity index is 615. The fourth-order valence-corrected chi connectivity index (χ4v) is 2.62. The quantitative estimate of drug-likeness (QED) is 0.822. The van der Waals surface area contributed by atoms with E-state index in [1.807, 2.05) is 28.8 Å². The molecule has 20 heavy (non-hydrogen) atoms. The molecule has 1 aromatic carbocycles. The summed E-state index contributed by atoms with van der Waals surface area (Å²) in [6.45, 7) is 2.16. The Hall–Kier alpha value is -1.66. The maximum atomic E-state index is 5.37. The lowest BCUT2D eigenvalue weighted by Gasteiger charge is -2.19. The minimum atomic E-state index is 0.296. The largest absolute Gasteiger partial charge is 0.497 e. The summed E-state index contributed by atoms with van der Waals surface area (Å²) < 4.78 is 7.80. The first kappa shape index (κ1) is 14.7. The van der Waals surface area contributed by atoms with Crippen LogP contribution in [0.2, 0.25) is 0 Å². The van der Waals surface area contributed by atoms with Gasteiger partial charge in [-0.25, -0.2) is 0 Å². The number of aromatic amines is 1. The summed E-state index contributed by atoms with van der Waals surface area (Å²) in [5.74, 6) is 1.79. The number of benzene rings is 1. The van der Waals surface area contributed by atoms with Gasteiger partial charge in [0.25, 0.3) is 0 Å². The number of hydrogen-bond acceptors (Lipinski definition) is 3. The third-order valence-corrected chi connectivity index (χ3v) is 3.72. The average Bonchev–Trinajstić information content (AvgIpc) is 2.81. The molecule has 0 fully saturated rings. The van der Waals surface area contributed by atoms with Crippen molar-refractivity contribution in [2.45, 2.75) is 19.4 Å². The highest BCUT2D eigenvalue weighted by Crippen LogP contribution is 2.19. The Morgan fingerprint density at radius 3 is 2.50 bits per heavy atom. The summed E-state index contributed by atoms with van der Waals surface area (Å²) in [5.41, 5.74) is 0.999. The Balaban J connectivity index is 2.50. The molecule has 1 atom stereocenters. The zero-order chi connectivity index (χ0) is 14.7. The van der Waals surface area contributed by atoms with Crippen LogP contribution in [0.5, 0.6) is 5.75 Å². The molecule has 0 bridgehead atoms. The van der Waals surface area contributed by atoms with E-state index in [0.717, 1.165) is 23.7 Å². The van der Waals surface area contributed by atoms with Crippen molar-refractivity contribution in [1.82, 2.24) is 14.8 Å². The summed E-state index contributed by atoms with van der Waals surface area (Å²) in [5, 5.41) is 7.33. The van der Waals surface area contributed by atoms with Crippen molar-refractivity contribution in [2.75, 3.05) is 21.2 Å². The van der Waals surface area contributed by atoms with E-state index in [-0.39, 0.29) is 0 Å². The Labute approximate surface area is 124 Å². The number of nitrogens with zero attached hydrogens (tertiary/aromatic N) is 2. The topological polar surface area (TPSA) is 47.3 Å². The van der Waals surface area contributed by atoms with Gasteiger partial charge >= 0.3 is 0 Å². The Morgan fingerprint density at radius 1 is 1.35 bits per heavy atom. The fourth-order valence-electron chi connectivity index (χ4n) is 2.37. The maximum absolute atomic E-state index is 5.37. The molecule has 0 aliphatic heterocycles. The van der Waals surface area contributed by atoms with Crippen LogP contribution in [-0.4, -0.2) is 36.0 Å². The van der Waals surface area contributed by atoms with Crippen molar-refractivity contribution < 1.29 is 9.64 Å². The van der Waals surface area contributed by atoms with Crippen LogP contribution < -0.4 is 9.64 Å². The van der Waals surface area contributed by atoms with E-state index in [1.54, 1.807) is 7.11 Å². The van der Waals surface area contributed by atoms with E-state index >= 15 is 0 Å². The van der Waals surface area contributed by atoms with E-state index in [2.05, 4.69) is 31.2 Å². The van der Waals surface area contributed by atoms with Crippen LogP contribution in [0, 0.1) is 4.77 Å². The highest BCUT2D eigenvalue weighted by molar-refractivity contribution is 7.71. The number of hydrogen-bond donors (Lipinski definition) is 2. The standard InChI is InChI=1S/C14H20N4OS/c1-5-12(17(2)3)13-15-16-14(20)18(13)10-6-8-11(19-4)9-7-10/h6-9,12H,5H2,1-4H3,(H,16,20)/p+1/t12-/m1/s1. The normalized spacial score (nSPS) is 12.7. The van der Waals surface area contributed by atoms with Gasteiger partial charge in [0.1, 0.15) is 11.8 Å². The van der Waals surface area contributed by atoms with E-state index in [4.69, 9.17) is 17.0 Å². The van der Waals surface area contributed by atoms with Crippen LogP contribution in [0.25, 0.3) is 5.69 Å². The molecule has 0 aliphatic carbocycles. The third kappa shape index (κ3) is 2.76. The number of H-pyrrole nitrogens is 1. The van der Waals surface area contributed by atoms with Gasteiger partial charge in [-0.05, 0) is 36.5 Å². The maximum Gasteiger partial charge on any atom is 0.200 e. The number of ether oxygens (including phenoxy) is 1. The van der Waals surface area contributed by atoms with Crippen LogP contribution in [0.15, 0.2) is 24.3 Å². The first-order valence-electron chi connectivity index (χ1n) is 6.70. The van der Waals surface area contributed by atoms with Crippen molar-refractivity contribution in [3.05, 3.63) is 34.9 Å². The summed E-state index contributed by atoms with van der Waals surface area (Å²) in [4.78, 5) is 1.33. The summed E-state index contributed by atoms with van der Waals surface area (Å²) in [6, 6.07) is 8.14. The van der Waals surface area contributed by atoms with Crippen LogP contribution in [0.3, 0.4) is 0 Å². The molecule has 1 aromatic heterocycles. The molecule has 0 spiro atoms. The molecular formula is C14H21N4OS+. The molecular weight excluding hydrogens is 272 g/mol. The van der Waals surface area contributed by atoms with Crippen LogP contribution in [0.4, 0.5) is 0 Å². The fraction of sp³-hybridized carbons (Fsp3) is 0.429. The lowest BCUT2D eigenvalue weighted by molar-refractivity contribution is -0.893. The van der Waals surface area contributed by atoms with E-state index < -0.39 is 0 Å². The summed E-state index contributed by atoms with van der Waals surface area (Å²) in [6.07, 6.45) is 0.998. The minimum absolute atomic E-state index is 0.296. The van der Waals surface area contributed by atoms with Crippen molar-refractivity contribution in [1.29, 1.82) is 0 Å². The lowest BCUT2D eigenvalue weighted by atomic mass is 10.2. The van der Waals surface area contributed by atoms with Gasteiger partial charge < -0.3 is 9.64 Å². The molecule has 5 nitrogen and oxygen atoms in total. The second kappa shape index (κ2) is 6.19. The predicted molar refractivity (Wildman–Crippen MR) is 81.1 cm³/mol. The van der Waals surface area contributed by atoms with Crippen LogP contribution >= 0.6 is 12.2 Å². The molecule has 0 radical (unpaired) electrons. The van der Waals surface area contributed by atoms with Gasteiger partial charge in [-0.15, -0.1) is 0 Å². The molecule has 0 saturated carbocycles. The molecule has 2 N–H and O–H groups in total. The number of nitrogens with one attached hydrogen (secondary N) is 2. The SMILES string of the molecule is CC[C@H](c1n[nH]c(=S)n1-c1ccc(OC)cc1)[NH+](C)C. The van der Waals surface area contributed by atoms with Crippen molar-refractivity contribution in [2.24, 2.45) is 0 Å². The second-order valence-electron chi connectivity index (χ2n) is 4.96. The van der Waals surface area contributed by atoms with Gasteiger partial charge in [0.15, 0.2) is 10.6 Å². The number of quaternary nitrogens is 1. The summed E-state index contributed by atoms with van der Waals surface area (Å²) in [7, 11) is 5.92. The third-order valence-electron chi connectivity index (χ3n) is 3.45. The molecule has 0 unspecified atom stereocenters. The minimum Gasteiger partial charge on any atom is -0.497 e. The monoisotopic (exact) mass is 293 g/mol. The predicted octanol–water partition coefficient (Wildman–Crippen LogP) is 1.53. The van der Waals surface area contributed by atoms with Gasteiger partial charge in [-0.2, -0.15) is 5.10 Å². The van der Waals surface area contributed by atoms with E-state index in [1.165, 1.54) is 4.90 Å². The summed E-state index contributed by atoms with van der Waals surface area (Å²) >= 11 is 5.37. The number of aromatic nitrogens is 3. The zero-order valence-corrected chi connectivity index (χ0v) is 13.1. The first-order valence-corrected chi connectivity index (χ1v) is 7.11. The highest BCUT2D eigenvalue weighted by atomic mass is 32.1. The first-order chi connectivity index (χ1) is 9.58. The Morgan fingerprint density at radius 2 is 2.00 bits per heavy atom. The van der Waals surface area contributed by atoms with Gasteiger partial charge in [0, 0.05) is 6.42 Å². The van der Waals surface area contributed by atoms with Gasteiger partial charge in [-0.1, -0.05) is 6.92 Å². The molecule has 0 aliphatic rings.